The third-order valence-electron chi connectivity index (χ3n) is 6.78. The van der Waals surface area contributed by atoms with Gasteiger partial charge in [-0.15, -0.1) is 0 Å². The van der Waals surface area contributed by atoms with Gasteiger partial charge < -0.3 is 15.2 Å². The Morgan fingerprint density at radius 1 is 1.08 bits per heavy atom. The Labute approximate surface area is 214 Å². The summed E-state index contributed by atoms with van der Waals surface area (Å²) in [4.78, 5) is 36.4. The van der Waals surface area contributed by atoms with E-state index >= 15 is 0 Å². The highest BCUT2D eigenvalue weighted by Crippen LogP contribution is 2.32. The molecule has 6 heterocycles. The van der Waals surface area contributed by atoms with Gasteiger partial charge in [-0.1, -0.05) is 13.3 Å². The summed E-state index contributed by atoms with van der Waals surface area (Å²) >= 11 is 0. The van der Waals surface area contributed by atoms with Crippen LogP contribution in [-0.4, -0.2) is 54.1 Å². The van der Waals surface area contributed by atoms with Gasteiger partial charge in [0.15, 0.2) is 11.6 Å². The number of hydrogen-bond acceptors (Lipinski definition) is 7. The zero-order valence-corrected chi connectivity index (χ0v) is 20.8. The van der Waals surface area contributed by atoms with E-state index in [9.17, 15) is 4.79 Å². The maximum absolute atomic E-state index is 12.2. The fourth-order valence-corrected chi connectivity index (χ4v) is 4.83. The van der Waals surface area contributed by atoms with Crippen LogP contribution >= 0.6 is 0 Å². The van der Waals surface area contributed by atoms with Crippen LogP contribution in [0.15, 0.2) is 43.0 Å². The van der Waals surface area contributed by atoms with Crippen LogP contribution in [0.2, 0.25) is 0 Å². The van der Waals surface area contributed by atoms with Crippen LogP contribution in [0.1, 0.15) is 45.4 Å². The first-order valence-corrected chi connectivity index (χ1v) is 12.9. The monoisotopic (exact) mass is 495 g/mol. The van der Waals surface area contributed by atoms with Crippen molar-refractivity contribution in [2.24, 2.45) is 0 Å². The Morgan fingerprint density at radius 2 is 1.97 bits per heavy atom. The molecule has 0 bridgehead atoms. The molecule has 6 rings (SSSR count). The lowest BCUT2D eigenvalue weighted by atomic mass is 10.1. The third-order valence-corrected chi connectivity index (χ3v) is 6.78. The number of H-pyrrole nitrogens is 2. The van der Waals surface area contributed by atoms with Crippen molar-refractivity contribution in [3.8, 4) is 22.8 Å². The molecular formula is C27H29N9O. The fraction of sp³-hybridized carbons (Fsp3) is 0.333. The number of rotatable bonds is 7. The van der Waals surface area contributed by atoms with Gasteiger partial charge in [0.25, 0.3) is 0 Å². The Kier molecular flexibility index (Phi) is 6.21. The van der Waals surface area contributed by atoms with Crippen molar-refractivity contribution >= 4 is 39.3 Å². The summed E-state index contributed by atoms with van der Waals surface area (Å²) in [5.41, 5.74) is 5.53. The molecule has 188 valence electrons. The van der Waals surface area contributed by atoms with E-state index in [2.05, 4.69) is 47.3 Å². The van der Waals surface area contributed by atoms with E-state index in [4.69, 9.17) is 4.98 Å². The Balaban J connectivity index is 1.34. The molecule has 3 N–H and O–H groups in total. The van der Waals surface area contributed by atoms with Crippen LogP contribution in [0.3, 0.4) is 0 Å². The first kappa shape index (κ1) is 23.1. The maximum Gasteiger partial charge on any atom is 0.224 e. The number of carbonyl (C=O) groups is 1. The van der Waals surface area contributed by atoms with Crippen LogP contribution in [0.25, 0.3) is 44.7 Å². The minimum Gasteiger partial charge on any atom is -0.355 e. The standard InChI is InChI=1S/C27H29N9O/c1-2-3-7-23(37)31-18-12-17(14-28-15-18)21-13-19-22(16-30-21)34-35-24(19)26-32-20-8-9-29-27(25(20)33-26)36-10-5-4-6-11-36/h8-9,12-16H,2-7,10-11H2,1H3,(H,31,37)(H,32,33)(H,34,35). The van der Waals surface area contributed by atoms with Gasteiger partial charge in [0.1, 0.15) is 11.2 Å². The van der Waals surface area contributed by atoms with E-state index in [-0.39, 0.29) is 5.91 Å². The predicted octanol–water partition coefficient (Wildman–Crippen LogP) is 5.08. The van der Waals surface area contributed by atoms with E-state index in [0.717, 1.165) is 70.6 Å². The minimum absolute atomic E-state index is 0.00960. The molecule has 10 nitrogen and oxygen atoms in total. The van der Waals surface area contributed by atoms with E-state index in [1.165, 1.54) is 19.3 Å². The molecule has 37 heavy (non-hydrogen) atoms. The number of aromatic amines is 2. The van der Waals surface area contributed by atoms with E-state index in [0.29, 0.717) is 17.9 Å². The van der Waals surface area contributed by atoms with Gasteiger partial charge in [0.2, 0.25) is 5.91 Å². The van der Waals surface area contributed by atoms with Gasteiger partial charge >= 0.3 is 0 Å². The average Bonchev–Trinajstić information content (AvgIpc) is 3.56. The van der Waals surface area contributed by atoms with E-state index in [1.54, 1.807) is 18.6 Å². The lowest BCUT2D eigenvalue weighted by Crippen LogP contribution is -2.30. The first-order chi connectivity index (χ1) is 18.2. The fourth-order valence-electron chi connectivity index (χ4n) is 4.83. The SMILES string of the molecule is CCCCC(=O)Nc1cncc(-c2cc3c(-c4nc5c(N6CCCCC6)nccc5[nH]4)n[nH]c3cn2)c1. The molecule has 0 spiro atoms. The molecule has 10 heteroatoms. The van der Waals surface area contributed by atoms with Crippen molar-refractivity contribution in [2.75, 3.05) is 23.3 Å². The number of fused-ring (bicyclic) bond motifs is 2. The summed E-state index contributed by atoms with van der Waals surface area (Å²) < 4.78 is 0. The summed E-state index contributed by atoms with van der Waals surface area (Å²) in [7, 11) is 0. The van der Waals surface area contributed by atoms with Gasteiger partial charge in [0.05, 0.1) is 34.8 Å². The number of hydrogen-bond donors (Lipinski definition) is 3. The first-order valence-electron chi connectivity index (χ1n) is 12.9. The number of aromatic nitrogens is 7. The number of nitrogens with zero attached hydrogens (tertiary/aromatic N) is 6. The number of amides is 1. The molecule has 0 atom stereocenters. The molecule has 1 saturated heterocycles. The molecule has 0 saturated carbocycles. The van der Waals surface area contributed by atoms with Crippen LogP contribution < -0.4 is 10.2 Å². The summed E-state index contributed by atoms with van der Waals surface area (Å²) in [6, 6.07) is 5.82. The van der Waals surface area contributed by atoms with Crippen molar-refractivity contribution in [1.82, 2.24) is 35.1 Å². The van der Waals surface area contributed by atoms with Gasteiger partial charge in [-0.25, -0.2) is 9.97 Å². The van der Waals surface area contributed by atoms with Crippen molar-refractivity contribution in [3.05, 3.63) is 43.0 Å². The maximum atomic E-state index is 12.2. The largest absolute Gasteiger partial charge is 0.355 e. The molecule has 0 unspecified atom stereocenters. The normalized spacial score (nSPS) is 13.9. The van der Waals surface area contributed by atoms with Gasteiger partial charge in [-0.2, -0.15) is 5.10 Å². The Morgan fingerprint density at radius 3 is 2.84 bits per heavy atom. The van der Waals surface area contributed by atoms with E-state index in [1.807, 2.05) is 24.4 Å². The minimum atomic E-state index is -0.00960. The van der Waals surface area contributed by atoms with Crippen molar-refractivity contribution in [2.45, 2.75) is 45.4 Å². The average molecular weight is 496 g/mol. The van der Waals surface area contributed by atoms with Gasteiger partial charge in [-0.3, -0.25) is 19.9 Å². The molecule has 1 amide bonds. The molecule has 1 fully saturated rings. The number of anilines is 2. The van der Waals surface area contributed by atoms with Crippen molar-refractivity contribution in [1.29, 1.82) is 0 Å². The number of unbranched alkanes of at least 4 members (excludes halogenated alkanes) is 1. The molecule has 1 aliphatic heterocycles. The number of nitrogens with one attached hydrogen (secondary N) is 3. The Hall–Kier alpha value is -4.34. The van der Waals surface area contributed by atoms with Gasteiger partial charge in [-0.05, 0) is 43.9 Å². The highest BCUT2D eigenvalue weighted by molar-refractivity contribution is 5.96. The second-order valence-electron chi connectivity index (χ2n) is 9.47. The zero-order valence-electron chi connectivity index (χ0n) is 20.8. The Bertz CT molecular complexity index is 1570. The quantitative estimate of drug-likeness (QED) is 0.287. The molecule has 0 radical (unpaired) electrons. The summed E-state index contributed by atoms with van der Waals surface area (Å²) in [6.45, 7) is 4.07. The number of carbonyl (C=O) groups excluding carboxylic acids is 1. The number of piperidine rings is 1. The number of pyridine rings is 3. The molecule has 5 aromatic rings. The predicted molar refractivity (Wildman–Crippen MR) is 144 cm³/mol. The zero-order chi connectivity index (χ0) is 25.2. The summed E-state index contributed by atoms with van der Waals surface area (Å²) in [5, 5.41) is 11.5. The summed E-state index contributed by atoms with van der Waals surface area (Å²) in [5.74, 6) is 1.59. The second-order valence-corrected chi connectivity index (χ2v) is 9.47. The van der Waals surface area contributed by atoms with E-state index < -0.39 is 0 Å². The summed E-state index contributed by atoms with van der Waals surface area (Å²) in [6.07, 6.45) is 12.9. The lowest BCUT2D eigenvalue weighted by molar-refractivity contribution is -0.116. The number of imidazole rings is 1. The smallest absolute Gasteiger partial charge is 0.224 e. The van der Waals surface area contributed by atoms with Crippen LogP contribution in [-0.2, 0) is 4.79 Å². The molecule has 0 aliphatic carbocycles. The second kappa shape index (κ2) is 9.96. The van der Waals surface area contributed by atoms with Crippen LogP contribution in [0.5, 0.6) is 0 Å². The topological polar surface area (TPSA) is 128 Å². The van der Waals surface area contributed by atoms with Crippen LogP contribution in [0, 0.1) is 0 Å². The molecular weight excluding hydrogens is 466 g/mol. The van der Waals surface area contributed by atoms with Crippen molar-refractivity contribution < 1.29 is 4.79 Å². The lowest BCUT2D eigenvalue weighted by Gasteiger charge is -2.27. The highest BCUT2D eigenvalue weighted by atomic mass is 16.1. The van der Waals surface area contributed by atoms with Gasteiger partial charge in [0, 0.05) is 42.9 Å². The molecule has 5 aromatic heterocycles. The van der Waals surface area contributed by atoms with Crippen molar-refractivity contribution in [3.63, 3.8) is 0 Å². The van der Waals surface area contributed by atoms with Crippen LogP contribution in [0.4, 0.5) is 11.5 Å². The highest BCUT2D eigenvalue weighted by Gasteiger charge is 2.20. The molecule has 0 aromatic carbocycles. The third kappa shape index (κ3) is 4.62. The molecule has 1 aliphatic rings.